The second kappa shape index (κ2) is 5.84. The van der Waals surface area contributed by atoms with E-state index in [9.17, 15) is 8.42 Å². The highest BCUT2D eigenvalue weighted by molar-refractivity contribution is 7.89. The molecule has 8 heteroatoms. The van der Waals surface area contributed by atoms with Crippen LogP contribution in [0.5, 0.6) is 0 Å². The molecule has 0 unspecified atom stereocenters. The lowest BCUT2D eigenvalue weighted by atomic mass is 10.2. The molecule has 0 aliphatic rings. The molecule has 22 heavy (non-hydrogen) atoms. The number of sulfonamides is 1. The van der Waals surface area contributed by atoms with Gasteiger partial charge in [0.05, 0.1) is 10.6 Å². The quantitative estimate of drug-likeness (QED) is 0.765. The fraction of sp³-hybridized carbons (Fsp3) is 0. The Hall–Kier alpha value is -2.29. The van der Waals surface area contributed by atoms with Crippen molar-refractivity contribution in [3.8, 4) is 11.3 Å². The summed E-state index contributed by atoms with van der Waals surface area (Å²) in [6.07, 6.45) is 1.67. The second-order valence-electron chi connectivity index (χ2n) is 4.47. The van der Waals surface area contributed by atoms with Gasteiger partial charge in [0.15, 0.2) is 0 Å². The Morgan fingerprint density at radius 1 is 1.09 bits per heavy atom. The van der Waals surface area contributed by atoms with E-state index in [4.69, 9.17) is 5.14 Å². The van der Waals surface area contributed by atoms with Crippen molar-refractivity contribution in [2.45, 2.75) is 4.90 Å². The molecule has 112 valence electrons. The molecule has 0 atom stereocenters. The van der Waals surface area contributed by atoms with E-state index in [0.29, 0.717) is 11.6 Å². The van der Waals surface area contributed by atoms with Crippen LogP contribution in [-0.2, 0) is 10.0 Å². The Balaban J connectivity index is 1.83. The van der Waals surface area contributed by atoms with E-state index in [2.05, 4.69) is 15.3 Å². The maximum atomic E-state index is 11.2. The van der Waals surface area contributed by atoms with Gasteiger partial charge in [-0.25, -0.2) is 23.5 Å². The van der Waals surface area contributed by atoms with Gasteiger partial charge in [0.2, 0.25) is 16.0 Å². The monoisotopic (exact) mass is 332 g/mol. The number of nitrogens with zero attached hydrogens (tertiary/aromatic N) is 2. The number of anilines is 2. The summed E-state index contributed by atoms with van der Waals surface area (Å²) in [6.45, 7) is 0. The van der Waals surface area contributed by atoms with Gasteiger partial charge in [-0.05, 0) is 41.8 Å². The molecule has 0 aliphatic carbocycles. The van der Waals surface area contributed by atoms with Crippen LogP contribution < -0.4 is 10.5 Å². The van der Waals surface area contributed by atoms with Crippen molar-refractivity contribution in [2.75, 3.05) is 5.32 Å². The lowest BCUT2D eigenvalue weighted by Crippen LogP contribution is -2.11. The molecular weight excluding hydrogens is 320 g/mol. The summed E-state index contributed by atoms with van der Waals surface area (Å²) >= 11 is 1.60. The molecule has 0 saturated heterocycles. The van der Waals surface area contributed by atoms with Crippen molar-refractivity contribution >= 4 is 33.0 Å². The fourth-order valence-electron chi connectivity index (χ4n) is 1.85. The second-order valence-corrected chi connectivity index (χ2v) is 6.81. The van der Waals surface area contributed by atoms with E-state index < -0.39 is 10.0 Å². The smallest absolute Gasteiger partial charge is 0.238 e. The zero-order chi connectivity index (χ0) is 15.6. The van der Waals surface area contributed by atoms with Gasteiger partial charge in [-0.1, -0.05) is 0 Å². The summed E-state index contributed by atoms with van der Waals surface area (Å²) < 4.78 is 22.4. The van der Waals surface area contributed by atoms with Crippen molar-refractivity contribution in [2.24, 2.45) is 5.14 Å². The molecule has 2 heterocycles. The summed E-state index contributed by atoms with van der Waals surface area (Å²) in [5.74, 6) is 0.437. The highest BCUT2D eigenvalue weighted by Crippen LogP contribution is 2.22. The molecule has 0 bridgehead atoms. The van der Waals surface area contributed by atoms with Gasteiger partial charge in [0.1, 0.15) is 0 Å². The minimum absolute atomic E-state index is 0.0611. The van der Waals surface area contributed by atoms with Crippen LogP contribution in [0, 0.1) is 0 Å². The normalized spacial score (nSPS) is 11.3. The molecule has 2 aromatic heterocycles. The molecular formula is C14H12N4O2S2. The first-order valence-corrected chi connectivity index (χ1v) is 8.77. The zero-order valence-corrected chi connectivity index (χ0v) is 12.9. The molecule has 0 radical (unpaired) electrons. The fourth-order valence-corrected chi connectivity index (χ4v) is 3.01. The molecule has 3 rings (SSSR count). The average Bonchev–Trinajstić information content (AvgIpc) is 3.01. The summed E-state index contributed by atoms with van der Waals surface area (Å²) in [5.41, 5.74) is 2.52. The van der Waals surface area contributed by atoms with Gasteiger partial charge in [-0.3, -0.25) is 0 Å². The van der Waals surface area contributed by atoms with Gasteiger partial charge < -0.3 is 5.32 Å². The van der Waals surface area contributed by atoms with E-state index in [1.54, 1.807) is 29.7 Å². The molecule has 3 N–H and O–H groups in total. The molecule has 0 saturated carbocycles. The third-order valence-corrected chi connectivity index (χ3v) is 4.52. The summed E-state index contributed by atoms with van der Waals surface area (Å²) in [6, 6.07) is 9.90. The molecule has 6 nitrogen and oxygen atoms in total. The third kappa shape index (κ3) is 3.30. The maximum absolute atomic E-state index is 11.2. The van der Waals surface area contributed by atoms with E-state index in [1.807, 2.05) is 22.9 Å². The Kier molecular flexibility index (Phi) is 3.88. The number of rotatable bonds is 4. The number of benzene rings is 1. The summed E-state index contributed by atoms with van der Waals surface area (Å²) in [4.78, 5) is 8.64. The summed E-state index contributed by atoms with van der Waals surface area (Å²) in [7, 11) is -3.69. The van der Waals surface area contributed by atoms with E-state index in [1.165, 1.54) is 12.1 Å². The van der Waals surface area contributed by atoms with Crippen LogP contribution in [0.15, 0.2) is 58.3 Å². The zero-order valence-electron chi connectivity index (χ0n) is 11.3. The van der Waals surface area contributed by atoms with Crippen molar-refractivity contribution in [3.05, 3.63) is 53.4 Å². The molecule has 0 spiro atoms. The first-order valence-electron chi connectivity index (χ1n) is 6.28. The number of hydrogen-bond donors (Lipinski definition) is 2. The van der Waals surface area contributed by atoms with Crippen molar-refractivity contribution in [3.63, 3.8) is 0 Å². The number of hydrogen-bond acceptors (Lipinski definition) is 6. The number of primary sulfonamides is 1. The van der Waals surface area contributed by atoms with Crippen molar-refractivity contribution < 1.29 is 8.42 Å². The van der Waals surface area contributed by atoms with Gasteiger partial charge in [0, 0.05) is 22.8 Å². The Morgan fingerprint density at radius 2 is 1.86 bits per heavy atom. The van der Waals surface area contributed by atoms with Gasteiger partial charge >= 0.3 is 0 Å². The van der Waals surface area contributed by atoms with Crippen LogP contribution in [0.4, 0.5) is 11.6 Å². The first kappa shape index (κ1) is 14.6. The van der Waals surface area contributed by atoms with Crippen LogP contribution in [0.3, 0.4) is 0 Å². The molecule has 0 fully saturated rings. The predicted molar refractivity (Wildman–Crippen MR) is 86.4 cm³/mol. The van der Waals surface area contributed by atoms with E-state index in [0.717, 1.165) is 11.3 Å². The number of thiophene rings is 1. The number of nitrogens with two attached hydrogens (primary N) is 1. The molecule has 0 aliphatic heterocycles. The lowest BCUT2D eigenvalue weighted by Gasteiger charge is -2.06. The number of aromatic nitrogens is 2. The van der Waals surface area contributed by atoms with Crippen molar-refractivity contribution in [1.29, 1.82) is 0 Å². The van der Waals surface area contributed by atoms with E-state index >= 15 is 0 Å². The van der Waals surface area contributed by atoms with Crippen LogP contribution in [0.1, 0.15) is 0 Å². The number of nitrogens with one attached hydrogen (secondary N) is 1. The molecule has 3 aromatic rings. The SMILES string of the molecule is NS(=O)(=O)c1ccc(Nc2nccc(-c3ccsc3)n2)cc1. The summed E-state index contributed by atoms with van der Waals surface area (Å²) in [5, 5.41) is 12.1. The predicted octanol–water partition coefficient (Wildman–Crippen LogP) is 2.60. The Labute approximate surface area is 131 Å². The van der Waals surface area contributed by atoms with Gasteiger partial charge in [0.25, 0.3) is 0 Å². The highest BCUT2D eigenvalue weighted by Gasteiger charge is 2.07. The van der Waals surface area contributed by atoms with E-state index in [-0.39, 0.29) is 4.90 Å². The van der Waals surface area contributed by atoms with Gasteiger partial charge in [-0.2, -0.15) is 11.3 Å². The standard InChI is InChI=1S/C14H12N4O2S2/c15-22(19,20)12-3-1-11(2-4-12)17-14-16-7-5-13(18-14)10-6-8-21-9-10/h1-9H,(H2,15,19,20)(H,16,17,18). The molecule has 0 amide bonds. The lowest BCUT2D eigenvalue weighted by molar-refractivity contribution is 0.598. The van der Waals surface area contributed by atoms with Crippen LogP contribution in [-0.4, -0.2) is 18.4 Å². The first-order chi connectivity index (χ1) is 10.5. The largest absolute Gasteiger partial charge is 0.324 e. The van der Waals surface area contributed by atoms with Crippen LogP contribution in [0.2, 0.25) is 0 Å². The van der Waals surface area contributed by atoms with Crippen LogP contribution >= 0.6 is 11.3 Å². The average molecular weight is 332 g/mol. The Bertz CT molecular complexity index is 875. The maximum Gasteiger partial charge on any atom is 0.238 e. The van der Waals surface area contributed by atoms with Crippen LogP contribution in [0.25, 0.3) is 11.3 Å². The third-order valence-electron chi connectivity index (χ3n) is 2.91. The molecule has 1 aromatic carbocycles. The van der Waals surface area contributed by atoms with Crippen molar-refractivity contribution in [1.82, 2.24) is 9.97 Å². The Morgan fingerprint density at radius 3 is 2.50 bits per heavy atom. The highest BCUT2D eigenvalue weighted by atomic mass is 32.2. The topological polar surface area (TPSA) is 98.0 Å². The van der Waals surface area contributed by atoms with Gasteiger partial charge in [-0.15, -0.1) is 0 Å². The minimum Gasteiger partial charge on any atom is -0.324 e. The minimum atomic E-state index is -3.69.